The van der Waals surface area contributed by atoms with Gasteiger partial charge in [0.15, 0.2) is 0 Å². The summed E-state index contributed by atoms with van der Waals surface area (Å²) in [6.07, 6.45) is 2.59. The van der Waals surface area contributed by atoms with Gasteiger partial charge in [0.25, 0.3) is 0 Å². The molecule has 1 aliphatic heterocycles. The van der Waals surface area contributed by atoms with Gasteiger partial charge in [-0.2, -0.15) is 0 Å². The molecular weight excluding hydrogens is 234 g/mol. The van der Waals surface area contributed by atoms with Gasteiger partial charge in [0, 0.05) is 6.54 Å². The fourth-order valence-electron chi connectivity index (χ4n) is 2.51. The molecule has 19 heavy (non-hydrogen) atoms. The Morgan fingerprint density at radius 2 is 1.95 bits per heavy atom. The van der Waals surface area contributed by atoms with E-state index in [1.165, 1.54) is 30.5 Å². The molecule has 1 N–H and O–H groups in total. The molecule has 0 bridgehead atoms. The van der Waals surface area contributed by atoms with Crippen molar-refractivity contribution in [1.29, 1.82) is 0 Å². The van der Waals surface area contributed by atoms with Crippen LogP contribution in [0.3, 0.4) is 0 Å². The van der Waals surface area contributed by atoms with E-state index < -0.39 is 0 Å². The second-order valence-corrected chi connectivity index (χ2v) is 6.67. The van der Waals surface area contributed by atoms with Gasteiger partial charge in [-0.25, -0.2) is 0 Å². The Balaban J connectivity index is 1.76. The molecule has 0 radical (unpaired) electrons. The van der Waals surface area contributed by atoms with Crippen molar-refractivity contribution < 1.29 is 4.74 Å². The predicted octanol–water partition coefficient (Wildman–Crippen LogP) is 3.50. The van der Waals surface area contributed by atoms with E-state index in [0.717, 1.165) is 19.8 Å². The number of benzene rings is 1. The topological polar surface area (TPSA) is 21.3 Å². The van der Waals surface area contributed by atoms with Crippen molar-refractivity contribution in [3.05, 3.63) is 35.4 Å². The van der Waals surface area contributed by atoms with E-state index in [1.54, 1.807) is 0 Å². The van der Waals surface area contributed by atoms with E-state index in [9.17, 15) is 0 Å². The minimum Gasteiger partial charge on any atom is -0.376 e. The summed E-state index contributed by atoms with van der Waals surface area (Å²) in [6, 6.07) is 8.83. The molecule has 0 amide bonds. The first-order valence-electron chi connectivity index (χ1n) is 7.43. The molecule has 0 saturated carbocycles. The van der Waals surface area contributed by atoms with Crippen LogP contribution in [-0.4, -0.2) is 19.7 Å². The van der Waals surface area contributed by atoms with Crippen molar-refractivity contribution in [3.63, 3.8) is 0 Å². The molecule has 1 aliphatic rings. The lowest BCUT2D eigenvalue weighted by Crippen LogP contribution is -2.32. The Morgan fingerprint density at radius 1 is 1.21 bits per heavy atom. The molecule has 2 nitrogen and oxygen atoms in total. The van der Waals surface area contributed by atoms with Crippen LogP contribution >= 0.6 is 0 Å². The van der Waals surface area contributed by atoms with Gasteiger partial charge >= 0.3 is 0 Å². The number of nitrogens with one attached hydrogen (secondary N) is 1. The lowest BCUT2D eigenvalue weighted by atomic mass is 9.87. The molecular formula is C17H27NO. The van der Waals surface area contributed by atoms with Gasteiger partial charge in [0.05, 0.1) is 13.2 Å². The highest BCUT2D eigenvalue weighted by Crippen LogP contribution is 2.22. The van der Waals surface area contributed by atoms with Crippen molar-refractivity contribution in [1.82, 2.24) is 5.32 Å². The molecule has 1 heterocycles. The highest BCUT2D eigenvalue weighted by atomic mass is 16.5. The van der Waals surface area contributed by atoms with Gasteiger partial charge in [-0.3, -0.25) is 0 Å². The minimum atomic E-state index is 0.229. The fraction of sp³-hybridized carbons (Fsp3) is 0.647. The SMILES string of the molecule is CC(C)(C)c1ccc(COCC2CCCNC2)cc1. The number of hydrogen-bond acceptors (Lipinski definition) is 2. The van der Waals surface area contributed by atoms with Crippen LogP contribution in [0.1, 0.15) is 44.7 Å². The maximum absolute atomic E-state index is 5.84. The average molecular weight is 261 g/mol. The predicted molar refractivity (Wildman–Crippen MR) is 80.4 cm³/mol. The second-order valence-electron chi connectivity index (χ2n) is 6.67. The van der Waals surface area contributed by atoms with Crippen molar-refractivity contribution in [3.8, 4) is 0 Å². The van der Waals surface area contributed by atoms with Gasteiger partial charge in [-0.15, -0.1) is 0 Å². The van der Waals surface area contributed by atoms with Crippen molar-refractivity contribution >= 4 is 0 Å². The van der Waals surface area contributed by atoms with Crippen LogP contribution in [0.2, 0.25) is 0 Å². The summed E-state index contributed by atoms with van der Waals surface area (Å²) in [5, 5.41) is 3.43. The van der Waals surface area contributed by atoms with E-state index >= 15 is 0 Å². The van der Waals surface area contributed by atoms with Gasteiger partial charge in [0.1, 0.15) is 0 Å². The highest BCUT2D eigenvalue weighted by Gasteiger charge is 2.14. The third-order valence-electron chi connectivity index (χ3n) is 3.84. The van der Waals surface area contributed by atoms with Crippen molar-refractivity contribution in [2.75, 3.05) is 19.7 Å². The number of hydrogen-bond donors (Lipinski definition) is 1. The second kappa shape index (κ2) is 6.53. The number of rotatable bonds is 4. The van der Waals surface area contributed by atoms with Crippen LogP contribution in [0.4, 0.5) is 0 Å². The van der Waals surface area contributed by atoms with Gasteiger partial charge < -0.3 is 10.1 Å². The van der Waals surface area contributed by atoms with E-state index in [4.69, 9.17) is 4.74 Å². The molecule has 2 heteroatoms. The maximum Gasteiger partial charge on any atom is 0.0717 e. The third kappa shape index (κ3) is 4.63. The minimum absolute atomic E-state index is 0.229. The number of piperidine rings is 1. The van der Waals surface area contributed by atoms with E-state index in [2.05, 4.69) is 50.4 Å². The Hall–Kier alpha value is -0.860. The zero-order valence-corrected chi connectivity index (χ0v) is 12.5. The Morgan fingerprint density at radius 3 is 2.53 bits per heavy atom. The normalized spacial score (nSPS) is 20.5. The van der Waals surface area contributed by atoms with Crippen LogP contribution in [0.25, 0.3) is 0 Å². The van der Waals surface area contributed by atoms with E-state index in [-0.39, 0.29) is 5.41 Å². The summed E-state index contributed by atoms with van der Waals surface area (Å²) in [5.41, 5.74) is 2.89. The van der Waals surface area contributed by atoms with Crippen molar-refractivity contribution in [2.24, 2.45) is 5.92 Å². The Kier molecular flexibility index (Phi) is 5.00. The summed E-state index contributed by atoms with van der Waals surface area (Å²) < 4.78 is 5.84. The first-order chi connectivity index (χ1) is 9.05. The van der Waals surface area contributed by atoms with Crippen LogP contribution in [0.5, 0.6) is 0 Å². The molecule has 106 valence electrons. The van der Waals surface area contributed by atoms with Crippen LogP contribution < -0.4 is 5.32 Å². The van der Waals surface area contributed by atoms with Crippen LogP contribution in [-0.2, 0) is 16.8 Å². The zero-order chi connectivity index (χ0) is 13.7. The van der Waals surface area contributed by atoms with E-state index in [0.29, 0.717) is 5.92 Å². The molecule has 1 saturated heterocycles. The molecule has 0 aliphatic carbocycles. The first kappa shape index (κ1) is 14.5. The maximum atomic E-state index is 5.84. The smallest absolute Gasteiger partial charge is 0.0717 e. The highest BCUT2D eigenvalue weighted by molar-refractivity contribution is 5.27. The zero-order valence-electron chi connectivity index (χ0n) is 12.5. The standard InChI is InChI=1S/C17H27NO/c1-17(2,3)16-8-6-14(7-9-16)12-19-13-15-5-4-10-18-11-15/h6-9,15,18H,4-5,10-13H2,1-3H3. The lowest BCUT2D eigenvalue weighted by molar-refractivity contribution is 0.0783. The number of ether oxygens (including phenoxy) is 1. The van der Waals surface area contributed by atoms with Crippen LogP contribution in [0.15, 0.2) is 24.3 Å². The molecule has 1 aromatic rings. The quantitative estimate of drug-likeness (QED) is 0.895. The molecule has 1 fully saturated rings. The largest absolute Gasteiger partial charge is 0.376 e. The summed E-state index contributed by atoms with van der Waals surface area (Å²) in [7, 11) is 0. The molecule has 1 unspecified atom stereocenters. The Labute approximate surface area is 117 Å². The molecule has 0 aromatic heterocycles. The molecule has 2 rings (SSSR count). The van der Waals surface area contributed by atoms with Gasteiger partial charge in [-0.05, 0) is 41.8 Å². The summed E-state index contributed by atoms with van der Waals surface area (Å²) in [5.74, 6) is 0.697. The summed E-state index contributed by atoms with van der Waals surface area (Å²) in [6.45, 7) is 10.6. The fourth-order valence-corrected chi connectivity index (χ4v) is 2.51. The van der Waals surface area contributed by atoms with E-state index in [1.807, 2.05) is 0 Å². The monoisotopic (exact) mass is 261 g/mol. The molecule has 1 aromatic carbocycles. The first-order valence-corrected chi connectivity index (χ1v) is 7.43. The Bertz CT molecular complexity index is 371. The summed E-state index contributed by atoms with van der Waals surface area (Å²) in [4.78, 5) is 0. The molecule has 0 spiro atoms. The van der Waals surface area contributed by atoms with Crippen LogP contribution in [0, 0.1) is 5.92 Å². The lowest BCUT2D eigenvalue weighted by Gasteiger charge is -2.22. The summed E-state index contributed by atoms with van der Waals surface area (Å²) >= 11 is 0. The van der Waals surface area contributed by atoms with Gasteiger partial charge in [0.2, 0.25) is 0 Å². The molecule has 1 atom stereocenters. The third-order valence-corrected chi connectivity index (χ3v) is 3.84. The van der Waals surface area contributed by atoms with Gasteiger partial charge in [-0.1, -0.05) is 45.0 Å². The average Bonchev–Trinajstić information content (AvgIpc) is 2.39. The van der Waals surface area contributed by atoms with Crippen molar-refractivity contribution in [2.45, 2.75) is 45.6 Å².